The highest BCUT2D eigenvalue weighted by atomic mass is 16.3. The van der Waals surface area contributed by atoms with Gasteiger partial charge in [0.25, 0.3) is 0 Å². The van der Waals surface area contributed by atoms with Crippen LogP contribution in [-0.4, -0.2) is 11.2 Å². The topological polar surface area (TPSA) is 20.2 Å². The lowest BCUT2D eigenvalue weighted by Crippen LogP contribution is -2.09. The number of terminal acetylenes is 1. The van der Waals surface area contributed by atoms with Crippen LogP contribution in [-0.2, 0) is 0 Å². The third-order valence-electron chi connectivity index (χ3n) is 2.58. The Hall–Kier alpha value is -0.480. The van der Waals surface area contributed by atoms with E-state index >= 15 is 0 Å². The quantitative estimate of drug-likeness (QED) is 0.609. The van der Waals surface area contributed by atoms with Gasteiger partial charge >= 0.3 is 0 Å². The second kappa shape index (κ2) is 3.78. The predicted molar refractivity (Wildman–Crippen MR) is 46.0 cm³/mol. The molecule has 0 bridgehead atoms. The van der Waals surface area contributed by atoms with Crippen molar-refractivity contribution in [2.75, 3.05) is 0 Å². The molecular weight excluding hydrogens is 136 g/mol. The van der Waals surface area contributed by atoms with Crippen LogP contribution in [0.15, 0.2) is 0 Å². The summed E-state index contributed by atoms with van der Waals surface area (Å²) in [5.74, 6) is 3.90. The van der Waals surface area contributed by atoms with Crippen LogP contribution >= 0.6 is 0 Å². The van der Waals surface area contributed by atoms with Crippen LogP contribution in [0.25, 0.3) is 0 Å². The van der Waals surface area contributed by atoms with Gasteiger partial charge in [-0.05, 0) is 24.7 Å². The third-order valence-corrected chi connectivity index (χ3v) is 2.58. The minimum atomic E-state index is -0.129. The Morgan fingerprint density at radius 2 is 2.45 bits per heavy atom. The van der Waals surface area contributed by atoms with E-state index in [0.29, 0.717) is 12.3 Å². The summed E-state index contributed by atoms with van der Waals surface area (Å²) in [6, 6.07) is 0. The SMILES string of the molecule is C#CCCC(O)C1CC1CC. The minimum absolute atomic E-state index is 0.129. The normalized spacial score (nSPS) is 31.0. The molecule has 0 aromatic heterocycles. The Labute approximate surface area is 68.8 Å². The van der Waals surface area contributed by atoms with E-state index in [4.69, 9.17) is 6.42 Å². The van der Waals surface area contributed by atoms with Gasteiger partial charge in [-0.15, -0.1) is 12.3 Å². The molecule has 3 atom stereocenters. The second-order valence-electron chi connectivity index (χ2n) is 3.38. The molecule has 0 radical (unpaired) electrons. The van der Waals surface area contributed by atoms with Gasteiger partial charge in [0.05, 0.1) is 6.10 Å². The summed E-state index contributed by atoms with van der Waals surface area (Å²) in [5.41, 5.74) is 0. The Morgan fingerprint density at radius 1 is 1.73 bits per heavy atom. The summed E-state index contributed by atoms with van der Waals surface area (Å²) in [6.07, 6.45) is 8.90. The van der Waals surface area contributed by atoms with Crippen LogP contribution in [0.3, 0.4) is 0 Å². The van der Waals surface area contributed by atoms with Crippen LogP contribution in [0.1, 0.15) is 32.6 Å². The molecule has 1 fully saturated rings. The van der Waals surface area contributed by atoms with Crippen molar-refractivity contribution in [1.82, 2.24) is 0 Å². The van der Waals surface area contributed by atoms with Gasteiger partial charge < -0.3 is 5.11 Å². The van der Waals surface area contributed by atoms with Gasteiger partial charge in [0.2, 0.25) is 0 Å². The molecule has 1 saturated carbocycles. The molecule has 1 rings (SSSR count). The first-order valence-electron chi connectivity index (χ1n) is 4.41. The molecule has 11 heavy (non-hydrogen) atoms. The van der Waals surface area contributed by atoms with Crippen LogP contribution in [0.4, 0.5) is 0 Å². The molecule has 0 saturated heterocycles. The number of rotatable bonds is 4. The van der Waals surface area contributed by atoms with E-state index in [1.165, 1.54) is 12.8 Å². The number of aliphatic hydroxyl groups excluding tert-OH is 1. The van der Waals surface area contributed by atoms with Crippen molar-refractivity contribution in [2.45, 2.75) is 38.7 Å². The zero-order valence-corrected chi connectivity index (χ0v) is 7.09. The zero-order chi connectivity index (χ0) is 8.27. The van der Waals surface area contributed by atoms with Gasteiger partial charge in [-0.3, -0.25) is 0 Å². The average Bonchev–Trinajstić information content (AvgIpc) is 2.78. The van der Waals surface area contributed by atoms with Crippen molar-refractivity contribution in [2.24, 2.45) is 11.8 Å². The molecular formula is C10H16O. The molecule has 0 spiro atoms. The van der Waals surface area contributed by atoms with Gasteiger partial charge in [-0.2, -0.15) is 0 Å². The smallest absolute Gasteiger partial charge is 0.0580 e. The van der Waals surface area contributed by atoms with E-state index in [9.17, 15) is 5.11 Å². The summed E-state index contributed by atoms with van der Waals surface area (Å²) in [6.45, 7) is 2.18. The number of hydrogen-bond donors (Lipinski definition) is 1. The maximum atomic E-state index is 9.53. The fraction of sp³-hybridized carbons (Fsp3) is 0.800. The standard InChI is InChI=1S/C10H16O/c1-3-5-6-10(11)9-7-8(9)4-2/h1,8-11H,4-7H2,2H3. The Bertz CT molecular complexity index is 157. The summed E-state index contributed by atoms with van der Waals surface area (Å²) in [7, 11) is 0. The van der Waals surface area contributed by atoms with Gasteiger partial charge in [-0.1, -0.05) is 13.3 Å². The molecule has 1 aliphatic rings. The molecule has 1 nitrogen and oxygen atoms in total. The van der Waals surface area contributed by atoms with Crippen LogP contribution in [0.5, 0.6) is 0 Å². The maximum absolute atomic E-state index is 9.53. The summed E-state index contributed by atoms with van der Waals surface area (Å²) in [4.78, 5) is 0. The highest BCUT2D eigenvalue weighted by Gasteiger charge is 2.40. The van der Waals surface area contributed by atoms with Crippen molar-refractivity contribution >= 4 is 0 Å². The number of hydrogen-bond acceptors (Lipinski definition) is 1. The minimum Gasteiger partial charge on any atom is -0.393 e. The Kier molecular flexibility index (Phi) is 2.96. The van der Waals surface area contributed by atoms with Crippen LogP contribution in [0.2, 0.25) is 0 Å². The lowest BCUT2D eigenvalue weighted by molar-refractivity contribution is 0.136. The molecule has 0 heterocycles. The lowest BCUT2D eigenvalue weighted by atomic mass is 10.1. The first kappa shape index (κ1) is 8.62. The van der Waals surface area contributed by atoms with Crippen molar-refractivity contribution in [3.05, 3.63) is 0 Å². The summed E-state index contributed by atoms with van der Waals surface area (Å²) in [5, 5.41) is 9.53. The maximum Gasteiger partial charge on any atom is 0.0580 e. The van der Waals surface area contributed by atoms with E-state index in [1.54, 1.807) is 0 Å². The second-order valence-corrected chi connectivity index (χ2v) is 3.38. The van der Waals surface area contributed by atoms with E-state index < -0.39 is 0 Å². The summed E-state index contributed by atoms with van der Waals surface area (Å²) >= 11 is 0. The van der Waals surface area contributed by atoms with Gasteiger partial charge in [0.1, 0.15) is 0 Å². The molecule has 1 heteroatoms. The fourth-order valence-electron chi connectivity index (χ4n) is 1.66. The van der Waals surface area contributed by atoms with Crippen molar-refractivity contribution in [3.63, 3.8) is 0 Å². The first-order valence-corrected chi connectivity index (χ1v) is 4.41. The average molecular weight is 152 g/mol. The predicted octanol–water partition coefficient (Wildman–Crippen LogP) is 1.81. The van der Waals surface area contributed by atoms with E-state index in [-0.39, 0.29) is 6.10 Å². The Morgan fingerprint density at radius 3 is 2.91 bits per heavy atom. The van der Waals surface area contributed by atoms with Crippen molar-refractivity contribution in [3.8, 4) is 12.3 Å². The van der Waals surface area contributed by atoms with Crippen molar-refractivity contribution in [1.29, 1.82) is 0 Å². The van der Waals surface area contributed by atoms with Gasteiger partial charge in [-0.25, -0.2) is 0 Å². The first-order chi connectivity index (χ1) is 5.29. The van der Waals surface area contributed by atoms with E-state index in [2.05, 4.69) is 12.8 Å². The molecule has 1 aliphatic carbocycles. The largest absolute Gasteiger partial charge is 0.393 e. The van der Waals surface area contributed by atoms with Crippen LogP contribution < -0.4 is 0 Å². The highest BCUT2D eigenvalue weighted by Crippen LogP contribution is 2.44. The van der Waals surface area contributed by atoms with Crippen LogP contribution in [0, 0.1) is 24.2 Å². The van der Waals surface area contributed by atoms with E-state index in [0.717, 1.165) is 12.3 Å². The zero-order valence-electron chi connectivity index (χ0n) is 7.09. The summed E-state index contributed by atoms with van der Waals surface area (Å²) < 4.78 is 0. The third kappa shape index (κ3) is 2.24. The monoisotopic (exact) mass is 152 g/mol. The van der Waals surface area contributed by atoms with Gasteiger partial charge in [0.15, 0.2) is 0 Å². The van der Waals surface area contributed by atoms with E-state index in [1.807, 2.05) is 0 Å². The van der Waals surface area contributed by atoms with Gasteiger partial charge in [0, 0.05) is 6.42 Å². The molecule has 0 amide bonds. The lowest BCUT2D eigenvalue weighted by Gasteiger charge is -2.06. The molecule has 62 valence electrons. The molecule has 3 unspecified atom stereocenters. The molecule has 1 N–H and O–H groups in total. The highest BCUT2D eigenvalue weighted by molar-refractivity contribution is 4.93. The van der Waals surface area contributed by atoms with Crippen molar-refractivity contribution < 1.29 is 5.11 Å². The molecule has 0 aromatic carbocycles. The molecule has 0 aliphatic heterocycles. The molecule has 0 aromatic rings. The fourth-order valence-corrected chi connectivity index (χ4v) is 1.66. The Balaban J connectivity index is 2.13. The number of aliphatic hydroxyl groups is 1.